The van der Waals surface area contributed by atoms with Crippen LogP contribution in [0.5, 0.6) is 0 Å². The Morgan fingerprint density at radius 1 is 0.944 bits per heavy atom. The van der Waals surface area contributed by atoms with Crippen LogP contribution >= 0.6 is 0 Å². The van der Waals surface area contributed by atoms with Crippen molar-refractivity contribution in [2.24, 2.45) is 0 Å². The van der Waals surface area contributed by atoms with Gasteiger partial charge in [0.2, 0.25) is 5.91 Å². The van der Waals surface area contributed by atoms with Crippen LogP contribution in [-0.2, 0) is 4.79 Å². The van der Waals surface area contributed by atoms with Crippen molar-refractivity contribution in [1.29, 1.82) is 0 Å². The molecule has 0 aliphatic heterocycles. The second-order valence-electron chi connectivity index (χ2n) is 4.28. The Morgan fingerprint density at radius 3 is 2.33 bits per heavy atom. The summed E-state index contributed by atoms with van der Waals surface area (Å²) in [6, 6.07) is 12.9. The number of benzene rings is 2. The molecule has 0 atom stereocenters. The highest BCUT2D eigenvalue weighted by Gasteiger charge is 2.28. The molecular formula is C15H11NO2. The normalized spacial score (nSPS) is 11.9. The van der Waals surface area contributed by atoms with Crippen LogP contribution in [0.15, 0.2) is 42.5 Å². The van der Waals surface area contributed by atoms with E-state index in [-0.39, 0.29) is 11.7 Å². The van der Waals surface area contributed by atoms with Gasteiger partial charge in [0.05, 0.1) is 0 Å². The van der Waals surface area contributed by atoms with E-state index in [0.717, 1.165) is 11.1 Å². The van der Waals surface area contributed by atoms with Crippen LogP contribution in [0.2, 0.25) is 0 Å². The fourth-order valence-corrected chi connectivity index (χ4v) is 2.37. The fraction of sp³-hybridized carbons (Fsp3) is 0.0667. The summed E-state index contributed by atoms with van der Waals surface area (Å²) in [5.74, 6) is -0.118. The quantitative estimate of drug-likeness (QED) is 0.707. The second kappa shape index (κ2) is 3.81. The minimum Gasteiger partial charge on any atom is -0.326 e. The van der Waals surface area contributed by atoms with E-state index in [4.69, 9.17) is 0 Å². The van der Waals surface area contributed by atoms with Gasteiger partial charge in [-0.2, -0.15) is 0 Å². The van der Waals surface area contributed by atoms with Crippen LogP contribution in [0.3, 0.4) is 0 Å². The van der Waals surface area contributed by atoms with Crippen molar-refractivity contribution in [2.75, 3.05) is 5.32 Å². The molecule has 0 unspecified atom stereocenters. The highest BCUT2D eigenvalue weighted by molar-refractivity contribution is 6.24. The lowest BCUT2D eigenvalue weighted by Crippen LogP contribution is -2.07. The van der Waals surface area contributed by atoms with Gasteiger partial charge in [0.15, 0.2) is 5.78 Å². The van der Waals surface area contributed by atoms with E-state index in [0.29, 0.717) is 16.8 Å². The van der Waals surface area contributed by atoms with E-state index in [1.807, 2.05) is 30.3 Å². The molecule has 1 N–H and O–H groups in total. The first kappa shape index (κ1) is 10.7. The summed E-state index contributed by atoms with van der Waals surface area (Å²) < 4.78 is 0. The van der Waals surface area contributed by atoms with Gasteiger partial charge in [0.1, 0.15) is 0 Å². The third kappa shape index (κ3) is 1.44. The first-order chi connectivity index (χ1) is 8.68. The van der Waals surface area contributed by atoms with Crippen LogP contribution in [-0.4, -0.2) is 11.7 Å². The average molecular weight is 237 g/mol. The third-order valence-electron chi connectivity index (χ3n) is 3.06. The first-order valence-electron chi connectivity index (χ1n) is 5.73. The van der Waals surface area contributed by atoms with Gasteiger partial charge >= 0.3 is 0 Å². The molecule has 2 aromatic rings. The highest BCUT2D eigenvalue weighted by atomic mass is 16.1. The molecule has 0 spiro atoms. The number of anilines is 1. The molecule has 3 nitrogen and oxygen atoms in total. The summed E-state index contributed by atoms with van der Waals surface area (Å²) in [7, 11) is 0. The number of carbonyl (C=O) groups excluding carboxylic acids is 2. The molecule has 0 fully saturated rings. The van der Waals surface area contributed by atoms with Crippen molar-refractivity contribution in [2.45, 2.75) is 6.92 Å². The van der Waals surface area contributed by atoms with E-state index in [1.54, 1.807) is 12.1 Å². The standard InChI is InChI=1S/C15H11NO2/c1-9(17)16-13-8-4-7-12-14(13)10-5-2-3-6-11(10)15(12)18/h2-8H,1H3,(H,16,17). The van der Waals surface area contributed by atoms with Gasteiger partial charge in [-0.25, -0.2) is 0 Å². The molecule has 1 aliphatic rings. The Balaban J connectivity index is 2.28. The monoisotopic (exact) mass is 237 g/mol. The molecule has 0 bridgehead atoms. The van der Waals surface area contributed by atoms with E-state index >= 15 is 0 Å². The predicted molar refractivity (Wildman–Crippen MR) is 69.6 cm³/mol. The summed E-state index contributed by atoms with van der Waals surface area (Å²) in [6.07, 6.45) is 0. The van der Waals surface area contributed by atoms with Gasteiger partial charge in [0.25, 0.3) is 0 Å². The molecule has 3 rings (SSSR count). The predicted octanol–water partition coefficient (Wildman–Crippen LogP) is 2.86. The summed E-state index contributed by atoms with van der Waals surface area (Å²) in [6.45, 7) is 1.46. The van der Waals surface area contributed by atoms with Gasteiger partial charge < -0.3 is 5.32 Å². The van der Waals surface area contributed by atoms with Crippen molar-refractivity contribution < 1.29 is 9.59 Å². The SMILES string of the molecule is CC(=O)Nc1cccc2c1-c1ccccc1C2=O. The zero-order valence-corrected chi connectivity index (χ0v) is 9.86. The molecule has 0 heterocycles. The van der Waals surface area contributed by atoms with E-state index in [9.17, 15) is 9.59 Å². The lowest BCUT2D eigenvalue weighted by Gasteiger charge is -2.08. The molecule has 1 aliphatic carbocycles. The number of fused-ring (bicyclic) bond motifs is 3. The molecule has 0 aromatic heterocycles. The Bertz CT molecular complexity index is 674. The van der Waals surface area contributed by atoms with E-state index in [1.165, 1.54) is 6.92 Å². The zero-order chi connectivity index (χ0) is 12.7. The van der Waals surface area contributed by atoms with Crippen LogP contribution in [0.25, 0.3) is 11.1 Å². The van der Waals surface area contributed by atoms with Crippen molar-refractivity contribution in [1.82, 2.24) is 0 Å². The van der Waals surface area contributed by atoms with Crippen molar-refractivity contribution in [3.05, 3.63) is 53.6 Å². The molecule has 0 radical (unpaired) electrons. The van der Waals surface area contributed by atoms with Gasteiger partial charge in [-0.3, -0.25) is 9.59 Å². The van der Waals surface area contributed by atoms with Gasteiger partial charge in [-0.05, 0) is 11.6 Å². The molecule has 0 saturated carbocycles. The Morgan fingerprint density at radius 2 is 1.61 bits per heavy atom. The Hall–Kier alpha value is -2.42. The Kier molecular flexibility index (Phi) is 2.27. The molecule has 3 heteroatoms. The number of rotatable bonds is 1. The average Bonchev–Trinajstić information content (AvgIpc) is 2.65. The number of carbonyl (C=O) groups is 2. The third-order valence-corrected chi connectivity index (χ3v) is 3.06. The summed E-state index contributed by atoms with van der Waals surface area (Å²) in [5.41, 5.74) is 3.77. The van der Waals surface area contributed by atoms with Gasteiger partial charge in [-0.15, -0.1) is 0 Å². The van der Waals surface area contributed by atoms with Crippen LogP contribution < -0.4 is 5.32 Å². The summed E-state index contributed by atoms with van der Waals surface area (Å²) in [4.78, 5) is 23.4. The summed E-state index contributed by atoms with van der Waals surface area (Å²) >= 11 is 0. The topological polar surface area (TPSA) is 46.2 Å². The summed E-state index contributed by atoms with van der Waals surface area (Å²) in [5, 5.41) is 2.78. The lowest BCUT2D eigenvalue weighted by molar-refractivity contribution is -0.114. The maximum atomic E-state index is 12.2. The molecule has 0 saturated heterocycles. The minimum absolute atomic E-state index is 0.0211. The minimum atomic E-state index is -0.139. The fourth-order valence-electron chi connectivity index (χ4n) is 2.37. The zero-order valence-electron chi connectivity index (χ0n) is 9.86. The van der Waals surface area contributed by atoms with E-state index < -0.39 is 0 Å². The van der Waals surface area contributed by atoms with Crippen LogP contribution in [0, 0.1) is 0 Å². The molecular weight excluding hydrogens is 226 g/mol. The van der Waals surface area contributed by atoms with Crippen molar-refractivity contribution in [3.63, 3.8) is 0 Å². The number of nitrogens with one attached hydrogen (secondary N) is 1. The Labute approximate surface area is 104 Å². The number of amides is 1. The van der Waals surface area contributed by atoms with Crippen LogP contribution in [0.4, 0.5) is 5.69 Å². The first-order valence-corrected chi connectivity index (χ1v) is 5.73. The van der Waals surface area contributed by atoms with Crippen LogP contribution in [0.1, 0.15) is 22.8 Å². The van der Waals surface area contributed by atoms with Crippen molar-refractivity contribution in [3.8, 4) is 11.1 Å². The number of ketones is 1. The number of hydrogen-bond acceptors (Lipinski definition) is 2. The van der Waals surface area contributed by atoms with E-state index in [2.05, 4.69) is 5.32 Å². The number of hydrogen-bond donors (Lipinski definition) is 1. The van der Waals surface area contributed by atoms with Gasteiger partial charge in [-0.1, -0.05) is 36.4 Å². The molecule has 1 amide bonds. The van der Waals surface area contributed by atoms with Crippen molar-refractivity contribution >= 4 is 17.4 Å². The smallest absolute Gasteiger partial charge is 0.221 e. The highest BCUT2D eigenvalue weighted by Crippen LogP contribution is 2.41. The lowest BCUT2D eigenvalue weighted by atomic mass is 10.0. The van der Waals surface area contributed by atoms with Gasteiger partial charge in [0, 0.05) is 29.3 Å². The maximum Gasteiger partial charge on any atom is 0.221 e. The second-order valence-corrected chi connectivity index (χ2v) is 4.28. The molecule has 88 valence electrons. The molecule has 2 aromatic carbocycles. The maximum absolute atomic E-state index is 12.2. The molecule has 18 heavy (non-hydrogen) atoms. The largest absolute Gasteiger partial charge is 0.326 e.